The molecule has 2 aliphatic rings. The molecule has 1 saturated heterocycles. The molecule has 0 aliphatic carbocycles. The number of halogens is 1. The Balaban J connectivity index is 1.63. The molecule has 3 nitrogen and oxygen atoms in total. The molecule has 6 heteroatoms. The standard InChI is InChI=1S/C22H13ClN2OS2/c23-15-7-8-17-16(10-15)19-21(28-17)20(25-18(26)11-27-22(25)24-19)14-6-5-12-3-1-2-4-13(12)9-14/h1-10,20H,11H2. The van der Waals surface area contributed by atoms with E-state index in [-0.39, 0.29) is 11.9 Å². The number of carbonyl (C=O) groups is 1. The van der Waals surface area contributed by atoms with Crippen molar-refractivity contribution in [2.45, 2.75) is 6.04 Å². The molecule has 1 aromatic heterocycles. The number of hydrogen-bond donors (Lipinski definition) is 0. The molecule has 0 N–H and O–H groups in total. The van der Waals surface area contributed by atoms with Crippen LogP contribution in [0.4, 0.5) is 5.69 Å². The molecule has 28 heavy (non-hydrogen) atoms. The fourth-order valence-electron chi connectivity index (χ4n) is 3.98. The van der Waals surface area contributed by atoms with Gasteiger partial charge < -0.3 is 0 Å². The Morgan fingerprint density at radius 3 is 2.79 bits per heavy atom. The fourth-order valence-corrected chi connectivity index (χ4v) is 6.29. The van der Waals surface area contributed by atoms with E-state index in [4.69, 9.17) is 16.6 Å². The molecular weight excluding hydrogens is 408 g/mol. The highest BCUT2D eigenvalue weighted by Gasteiger charge is 2.41. The Bertz CT molecular complexity index is 1330. The highest BCUT2D eigenvalue weighted by atomic mass is 35.5. The van der Waals surface area contributed by atoms with Gasteiger partial charge >= 0.3 is 0 Å². The van der Waals surface area contributed by atoms with E-state index in [0.717, 1.165) is 31.4 Å². The molecule has 1 fully saturated rings. The van der Waals surface area contributed by atoms with Gasteiger partial charge in [-0.05, 0) is 40.6 Å². The van der Waals surface area contributed by atoms with Gasteiger partial charge in [-0.15, -0.1) is 11.3 Å². The van der Waals surface area contributed by atoms with Crippen LogP contribution in [0, 0.1) is 0 Å². The van der Waals surface area contributed by atoms with Crippen molar-refractivity contribution in [2.24, 2.45) is 4.99 Å². The van der Waals surface area contributed by atoms with Crippen LogP contribution < -0.4 is 0 Å². The van der Waals surface area contributed by atoms with E-state index < -0.39 is 0 Å². The van der Waals surface area contributed by atoms with E-state index in [0.29, 0.717) is 10.8 Å². The van der Waals surface area contributed by atoms with E-state index in [9.17, 15) is 4.79 Å². The number of hydrogen-bond acceptors (Lipinski definition) is 4. The summed E-state index contributed by atoms with van der Waals surface area (Å²) in [5, 5.41) is 4.92. The second-order valence-electron chi connectivity index (χ2n) is 6.91. The number of thiophene rings is 1. The maximum absolute atomic E-state index is 12.7. The predicted molar refractivity (Wildman–Crippen MR) is 119 cm³/mol. The number of fused-ring (bicyclic) bond motifs is 5. The minimum absolute atomic E-state index is 0.114. The summed E-state index contributed by atoms with van der Waals surface area (Å²) in [4.78, 5) is 20.6. The average Bonchev–Trinajstić information content (AvgIpc) is 3.26. The van der Waals surface area contributed by atoms with Crippen LogP contribution in [0.25, 0.3) is 20.9 Å². The zero-order valence-corrected chi connectivity index (χ0v) is 16.9. The lowest BCUT2D eigenvalue weighted by atomic mass is 9.98. The van der Waals surface area contributed by atoms with Crippen LogP contribution in [-0.4, -0.2) is 21.7 Å². The first-order valence-corrected chi connectivity index (χ1v) is 11.1. The average molecular weight is 421 g/mol. The normalized spacial score (nSPS) is 18.5. The van der Waals surface area contributed by atoms with Crippen LogP contribution in [0.3, 0.4) is 0 Å². The molecule has 3 aromatic carbocycles. The molecule has 0 saturated carbocycles. The summed E-state index contributed by atoms with van der Waals surface area (Å²) in [6.45, 7) is 0. The Labute approximate surface area is 174 Å². The lowest BCUT2D eigenvalue weighted by Gasteiger charge is -2.31. The van der Waals surface area contributed by atoms with Gasteiger partial charge in [0.1, 0.15) is 6.04 Å². The predicted octanol–water partition coefficient (Wildman–Crippen LogP) is 6.37. The highest BCUT2D eigenvalue weighted by Crippen LogP contribution is 2.51. The first-order valence-electron chi connectivity index (χ1n) is 8.93. The monoisotopic (exact) mass is 420 g/mol. The van der Waals surface area contributed by atoms with Gasteiger partial charge in [-0.2, -0.15) is 0 Å². The molecule has 2 aliphatic heterocycles. The smallest absolute Gasteiger partial charge is 0.239 e. The number of nitrogens with zero attached hydrogens (tertiary/aromatic N) is 2. The third-order valence-corrected chi connectivity index (χ3v) is 7.64. The first kappa shape index (κ1) is 16.6. The van der Waals surface area contributed by atoms with Crippen LogP contribution >= 0.6 is 34.7 Å². The quantitative estimate of drug-likeness (QED) is 0.358. The molecule has 6 rings (SSSR count). The van der Waals surface area contributed by atoms with Crippen molar-refractivity contribution in [1.82, 2.24) is 4.90 Å². The topological polar surface area (TPSA) is 32.7 Å². The number of carbonyl (C=O) groups excluding carboxylic acids is 1. The lowest BCUT2D eigenvalue weighted by Crippen LogP contribution is -2.35. The molecule has 3 heterocycles. The minimum atomic E-state index is -0.147. The summed E-state index contributed by atoms with van der Waals surface area (Å²) in [5.41, 5.74) is 2.06. The van der Waals surface area contributed by atoms with Crippen molar-refractivity contribution in [3.63, 3.8) is 0 Å². The van der Waals surface area contributed by atoms with Gasteiger partial charge in [0.15, 0.2) is 5.17 Å². The number of amidine groups is 1. The van der Waals surface area contributed by atoms with Gasteiger partial charge in [-0.3, -0.25) is 9.69 Å². The largest absolute Gasteiger partial charge is 0.278 e. The maximum Gasteiger partial charge on any atom is 0.239 e. The summed E-state index contributed by atoms with van der Waals surface area (Å²) in [7, 11) is 0. The van der Waals surface area contributed by atoms with Gasteiger partial charge in [-0.25, -0.2) is 4.99 Å². The molecular formula is C22H13ClN2OS2. The van der Waals surface area contributed by atoms with Gasteiger partial charge in [0.25, 0.3) is 0 Å². The molecule has 4 aromatic rings. The molecule has 1 atom stereocenters. The second kappa shape index (κ2) is 6.08. The highest BCUT2D eigenvalue weighted by molar-refractivity contribution is 8.15. The first-order chi connectivity index (χ1) is 13.7. The van der Waals surface area contributed by atoms with Crippen molar-refractivity contribution >= 4 is 72.3 Å². The van der Waals surface area contributed by atoms with Crippen LogP contribution in [0.2, 0.25) is 5.02 Å². The van der Waals surface area contributed by atoms with Crippen molar-refractivity contribution < 1.29 is 4.79 Å². The summed E-state index contributed by atoms with van der Waals surface area (Å²) in [6, 6.07) is 20.5. The van der Waals surface area contributed by atoms with Gasteiger partial charge in [0.2, 0.25) is 5.91 Å². The molecule has 136 valence electrons. The third-order valence-electron chi connectivity index (χ3n) is 5.25. The Morgan fingerprint density at radius 1 is 1.04 bits per heavy atom. The molecule has 0 bridgehead atoms. The maximum atomic E-state index is 12.7. The fraction of sp³-hybridized carbons (Fsp3) is 0.0909. The molecule has 0 radical (unpaired) electrons. The SMILES string of the molecule is O=C1CSC2=Nc3c(sc4ccc(Cl)cc34)C(c3ccc4ccccc4c3)N12. The Kier molecular flexibility index (Phi) is 3.60. The number of thioether (sulfide) groups is 1. The van der Waals surface area contributed by atoms with Crippen molar-refractivity contribution in [3.8, 4) is 0 Å². The number of benzene rings is 3. The zero-order chi connectivity index (χ0) is 18.8. The van der Waals surface area contributed by atoms with Crippen molar-refractivity contribution in [2.75, 3.05) is 5.75 Å². The van der Waals surface area contributed by atoms with Crippen LogP contribution in [0.15, 0.2) is 65.7 Å². The van der Waals surface area contributed by atoms with Gasteiger partial charge in [0.05, 0.1) is 16.3 Å². The van der Waals surface area contributed by atoms with Gasteiger partial charge in [-0.1, -0.05) is 59.8 Å². The van der Waals surface area contributed by atoms with E-state index in [1.165, 1.54) is 22.5 Å². The van der Waals surface area contributed by atoms with Crippen LogP contribution in [0.5, 0.6) is 0 Å². The van der Waals surface area contributed by atoms with Crippen molar-refractivity contribution in [1.29, 1.82) is 0 Å². The van der Waals surface area contributed by atoms with Gasteiger partial charge in [0, 0.05) is 15.1 Å². The summed E-state index contributed by atoms with van der Waals surface area (Å²) >= 11 is 9.47. The van der Waals surface area contributed by atoms with E-state index in [1.807, 2.05) is 35.2 Å². The Hall–Kier alpha value is -2.34. The number of amides is 1. The van der Waals surface area contributed by atoms with Crippen molar-refractivity contribution in [3.05, 3.63) is 76.1 Å². The van der Waals surface area contributed by atoms with E-state index in [1.54, 1.807) is 11.3 Å². The zero-order valence-electron chi connectivity index (χ0n) is 14.6. The van der Waals surface area contributed by atoms with Crippen LogP contribution in [0.1, 0.15) is 16.5 Å². The summed E-state index contributed by atoms with van der Waals surface area (Å²) in [5.74, 6) is 0.555. The molecule has 1 amide bonds. The second-order valence-corrected chi connectivity index (χ2v) is 9.37. The number of aliphatic imine (C=N–C) groups is 1. The summed E-state index contributed by atoms with van der Waals surface area (Å²) in [6.07, 6.45) is 0. The van der Waals surface area contributed by atoms with Crippen LogP contribution in [-0.2, 0) is 4.79 Å². The number of rotatable bonds is 1. The summed E-state index contributed by atoms with van der Waals surface area (Å²) < 4.78 is 1.14. The minimum Gasteiger partial charge on any atom is -0.278 e. The Morgan fingerprint density at radius 2 is 1.89 bits per heavy atom. The molecule has 0 spiro atoms. The third kappa shape index (κ3) is 2.37. The van der Waals surface area contributed by atoms with E-state index in [2.05, 4.69) is 30.3 Å². The molecule has 1 unspecified atom stereocenters. The lowest BCUT2D eigenvalue weighted by molar-refractivity contribution is -0.125. The van der Waals surface area contributed by atoms with E-state index >= 15 is 0 Å².